The highest BCUT2D eigenvalue weighted by molar-refractivity contribution is 7.89. The number of halogens is 2. The van der Waals surface area contributed by atoms with Crippen LogP contribution in [0.2, 0.25) is 5.02 Å². The third-order valence-electron chi connectivity index (χ3n) is 4.56. The van der Waals surface area contributed by atoms with Crippen LogP contribution in [0.5, 0.6) is 0 Å². The van der Waals surface area contributed by atoms with E-state index in [9.17, 15) is 17.6 Å². The van der Waals surface area contributed by atoms with E-state index in [1.807, 2.05) is 4.90 Å². The zero-order valence-electron chi connectivity index (χ0n) is 15.1. The first-order valence-corrected chi connectivity index (χ1v) is 10.8. The fourth-order valence-corrected chi connectivity index (χ4v) is 4.41. The Kier molecular flexibility index (Phi) is 6.53. The lowest BCUT2D eigenvalue weighted by Crippen LogP contribution is -2.49. The van der Waals surface area contributed by atoms with Gasteiger partial charge in [-0.05, 0) is 30.3 Å². The number of benzene rings is 2. The number of piperazine rings is 1. The maximum atomic E-state index is 13.9. The van der Waals surface area contributed by atoms with Gasteiger partial charge in [0.05, 0.1) is 10.6 Å². The lowest BCUT2D eigenvalue weighted by Gasteiger charge is -2.36. The van der Waals surface area contributed by atoms with E-state index >= 15 is 0 Å². The first-order valence-electron chi connectivity index (χ1n) is 8.89. The Morgan fingerprint density at radius 1 is 1.07 bits per heavy atom. The highest BCUT2D eigenvalue weighted by atomic mass is 35.5. The second-order valence-electron chi connectivity index (χ2n) is 6.42. The Hall–Kier alpha value is -2.16. The molecule has 0 aliphatic carbocycles. The summed E-state index contributed by atoms with van der Waals surface area (Å²) in [6.07, 6.45) is 0.0551. The van der Waals surface area contributed by atoms with Crippen molar-refractivity contribution in [2.45, 2.75) is 11.3 Å². The van der Waals surface area contributed by atoms with E-state index in [2.05, 4.69) is 4.72 Å². The van der Waals surface area contributed by atoms with Crippen molar-refractivity contribution < 1.29 is 17.6 Å². The molecule has 28 heavy (non-hydrogen) atoms. The van der Waals surface area contributed by atoms with Crippen LogP contribution < -0.4 is 9.62 Å². The number of carbonyl (C=O) groups is 1. The summed E-state index contributed by atoms with van der Waals surface area (Å²) in [4.78, 5) is 16.0. The van der Waals surface area contributed by atoms with Gasteiger partial charge in [0.25, 0.3) is 0 Å². The lowest BCUT2D eigenvalue weighted by atomic mass is 10.2. The van der Waals surface area contributed by atoms with Crippen molar-refractivity contribution in [1.29, 1.82) is 0 Å². The Bertz CT molecular complexity index is 947. The van der Waals surface area contributed by atoms with Crippen molar-refractivity contribution in [3.05, 3.63) is 59.4 Å². The summed E-state index contributed by atoms with van der Waals surface area (Å²) < 4.78 is 40.8. The normalized spacial score (nSPS) is 14.9. The van der Waals surface area contributed by atoms with Crippen LogP contribution in [0, 0.1) is 5.82 Å². The molecule has 1 fully saturated rings. The molecule has 0 unspecified atom stereocenters. The van der Waals surface area contributed by atoms with Crippen LogP contribution in [0.1, 0.15) is 6.42 Å². The number of hydrogen-bond donors (Lipinski definition) is 1. The molecule has 0 spiro atoms. The number of hydrogen-bond acceptors (Lipinski definition) is 4. The van der Waals surface area contributed by atoms with Crippen molar-refractivity contribution in [3.63, 3.8) is 0 Å². The van der Waals surface area contributed by atoms with Crippen LogP contribution in [-0.4, -0.2) is 51.9 Å². The van der Waals surface area contributed by atoms with Gasteiger partial charge >= 0.3 is 0 Å². The quantitative estimate of drug-likeness (QED) is 0.772. The number of anilines is 1. The van der Waals surface area contributed by atoms with Gasteiger partial charge in [0.15, 0.2) is 0 Å². The van der Waals surface area contributed by atoms with E-state index in [-0.39, 0.29) is 29.6 Å². The lowest BCUT2D eigenvalue weighted by molar-refractivity contribution is -0.131. The van der Waals surface area contributed by atoms with Gasteiger partial charge in [0.1, 0.15) is 5.82 Å². The summed E-state index contributed by atoms with van der Waals surface area (Å²) in [5, 5.41) is 0.326. The molecule has 0 radical (unpaired) electrons. The molecule has 6 nitrogen and oxygen atoms in total. The van der Waals surface area contributed by atoms with Gasteiger partial charge in [-0.3, -0.25) is 4.79 Å². The smallest absolute Gasteiger partial charge is 0.240 e. The van der Waals surface area contributed by atoms with Crippen LogP contribution >= 0.6 is 11.6 Å². The predicted molar refractivity (Wildman–Crippen MR) is 106 cm³/mol. The van der Waals surface area contributed by atoms with E-state index < -0.39 is 10.0 Å². The molecule has 0 saturated carbocycles. The van der Waals surface area contributed by atoms with Gasteiger partial charge in [0.2, 0.25) is 15.9 Å². The number of nitrogens with zero attached hydrogens (tertiary/aromatic N) is 2. The van der Waals surface area contributed by atoms with Gasteiger partial charge in [-0.1, -0.05) is 29.8 Å². The van der Waals surface area contributed by atoms with Crippen molar-refractivity contribution >= 4 is 33.2 Å². The summed E-state index contributed by atoms with van der Waals surface area (Å²) in [5.41, 5.74) is 0.531. The van der Waals surface area contributed by atoms with E-state index in [0.717, 1.165) is 0 Å². The van der Waals surface area contributed by atoms with Gasteiger partial charge < -0.3 is 9.80 Å². The average molecular weight is 426 g/mol. The first-order chi connectivity index (χ1) is 13.4. The van der Waals surface area contributed by atoms with Gasteiger partial charge in [-0.15, -0.1) is 0 Å². The molecule has 2 aromatic rings. The molecule has 1 aliphatic rings. The van der Waals surface area contributed by atoms with Crippen LogP contribution in [0.3, 0.4) is 0 Å². The summed E-state index contributed by atoms with van der Waals surface area (Å²) >= 11 is 5.82. The largest absolute Gasteiger partial charge is 0.366 e. The maximum Gasteiger partial charge on any atom is 0.240 e. The van der Waals surface area contributed by atoms with Crippen molar-refractivity contribution in [2.75, 3.05) is 37.6 Å². The molecule has 1 aliphatic heterocycles. The van der Waals surface area contributed by atoms with Crippen LogP contribution in [0.4, 0.5) is 10.1 Å². The molecule has 1 amide bonds. The highest BCUT2D eigenvalue weighted by Gasteiger charge is 2.23. The molecule has 0 bridgehead atoms. The SMILES string of the molecule is O=C(CCNS(=O)(=O)c1cccc(Cl)c1)N1CCN(c2ccccc2F)CC1. The molecule has 3 rings (SSSR count). The van der Waals surface area contributed by atoms with Crippen molar-refractivity contribution in [1.82, 2.24) is 9.62 Å². The van der Waals surface area contributed by atoms with Crippen LogP contribution in [-0.2, 0) is 14.8 Å². The number of amides is 1. The fourth-order valence-electron chi connectivity index (χ4n) is 3.07. The summed E-state index contributed by atoms with van der Waals surface area (Å²) in [6, 6.07) is 12.5. The molecular formula is C19H21ClFN3O3S. The molecule has 1 saturated heterocycles. The van der Waals surface area contributed by atoms with Crippen LogP contribution in [0.15, 0.2) is 53.4 Å². The second-order valence-corrected chi connectivity index (χ2v) is 8.63. The number of rotatable bonds is 6. The van der Waals surface area contributed by atoms with E-state index in [1.54, 1.807) is 35.2 Å². The Morgan fingerprint density at radius 2 is 1.79 bits per heavy atom. The summed E-state index contributed by atoms with van der Waals surface area (Å²) in [5.74, 6) is -0.417. The molecule has 0 atom stereocenters. The summed E-state index contributed by atoms with van der Waals surface area (Å²) in [7, 11) is -3.71. The summed E-state index contributed by atoms with van der Waals surface area (Å²) in [6.45, 7) is 1.99. The first kappa shape index (κ1) is 20.6. The minimum atomic E-state index is -3.71. The Morgan fingerprint density at radius 3 is 2.46 bits per heavy atom. The van der Waals surface area contributed by atoms with E-state index in [1.165, 1.54) is 18.2 Å². The third-order valence-corrected chi connectivity index (χ3v) is 6.26. The minimum absolute atomic E-state index is 0.00120. The zero-order valence-corrected chi connectivity index (χ0v) is 16.7. The minimum Gasteiger partial charge on any atom is -0.366 e. The van der Waals surface area contributed by atoms with Gasteiger partial charge in [-0.25, -0.2) is 17.5 Å². The monoisotopic (exact) mass is 425 g/mol. The molecule has 150 valence electrons. The second kappa shape index (κ2) is 8.89. The molecule has 1 heterocycles. The Labute approximate surface area is 168 Å². The molecule has 9 heteroatoms. The standard InChI is InChI=1S/C19H21ClFN3O3S/c20-15-4-3-5-16(14-15)28(26,27)22-9-8-19(25)24-12-10-23(11-13-24)18-7-2-1-6-17(18)21/h1-7,14,22H,8-13H2. The molecule has 0 aromatic heterocycles. The predicted octanol–water partition coefficient (Wildman–Crippen LogP) is 2.50. The van der Waals surface area contributed by atoms with E-state index in [0.29, 0.717) is 36.9 Å². The number of sulfonamides is 1. The number of para-hydroxylation sites is 1. The molecule has 2 aromatic carbocycles. The van der Waals surface area contributed by atoms with E-state index in [4.69, 9.17) is 11.6 Å². The maximum absolute atomic E-state index is 13.9. The third kappa shape index (κ3) is 5.01. The number of nitrogens with one attached hydrogen (secondary N) is 1. The average Bonchev–Trinajstić information content (AvgIpc) is 2.68. The van der Waals surface area contributed by atoms with Gasteiger partial charge in [-0.2, -0.15) is 0 Å². The van der Waals surface area contributed by atoms with Gasteiger partial charge in [0, 0.05) is 44.2 Å². The number of carbonyl (C=O) groups excluding carboxylic acids is 1. The Balaban J connectivity index is 1.48. The molecular weight excluding hydrogens is 405 g/mol. The topological polar surface area (TPSA) is 69.7 Å². The fraction of sp³-hybridized carbons (Fsp3) is 0.316. The molecule has 1 N–H and O–H groups in total. The zero-order chi connectivity index (χ0) is 20.1. The van der Waals surface area contributed by atoms with Crippen molar-refractivity contribution in [2.24, 2.45) is 0 Å². The van der Waals surface area contributed by atoms with Crippen LogP contribution in [0.25, 0.3) is 0 Å². The highest BCUT2D eigenvalue weighted by Crippen LogP contribution is 2.20. The van der Waals surface area contributed by atoms with Crippen molar-refractivity contribution in [3.8, 4) is 0 Å².